The van der Waals surface area contributed by atoms with Crippen molar-refractivity contribution in [2.24, 2.45) is 5.92 Å². The van der Waals surface area contributed by atoms with E-state index >= 15 is 0 Å². The summed E-state index contributed by atoms with van der Waals surface area (Å²) in [7, 11) is 3.43. The zero-order valence-electron chi connectivity index (χ0n) is 13.2. The fourth-order valence-electron chi connectivity index (χ4n) is 2.59. The first-order valence-corrected chi connectivity index (χ1v) is 7.42. The van der Waals surface area contributed by atoms with Gasteiger partial charge in [-0.3, -0.25) is 4.79 Å². The molecule has 1 heterocycles. The molecule has 0 unspecified atom stereocenters. The van der Waals surface area contributed by atoms with Crippen molar-refractivity contribution in [1.29, 1.82) is 0 Å². The smallest absolute Gasteiger partial charge is 0.319 e. The predicted octanol–water partition coefficient (Wildman–Crippen LogP) is 2.47. The number of urea groups is 1. The maximum absolute atomic E-state index is 13.5. The van der Waals surface area contributed by atoms with Crippen molar-refractivity contribution >= 4 is 17.6 Å². The Labute approximate surface area is 130 Å². The number of halogens is 1. The number of nitrogens with zero attached hydrogens (tertiary/aromatic N) is 2. The topological polar surface area (TPSA) is 52.7 Å². The Hall–Kier alpha value is -2.11. The quantitative estimate of drug-likeness (QED) is 0.912. The average Bonchev–Trinajstić information content (AvgIpc) is 2.51. The number of carbonyl (C=O) groups excluding carboxylic acids is 2. The third-order valence-electron chi connectivity index (χ3n) is 4.04. The Morgan fingerprint density at radius 1 is 1.27 bits per heavy atom. The Morgan fingerprint density at radius 2 is 1.91 bits per heavy atom. The summed E-state index contributed by atoms with van der Waals surface area (Å²) in [4.78, 5) is 27.4. The van der Waals surface area contributed by atoms with Crippen LogP contribution in [0.5, 0.6) is 0 Å². The van der Waals surface area contributed by atoms with Crippen molar-refractivity contribution in [3.63, 3.8) is 0 Å². The second-order valence-corrected chi connectivity index (χ2v) is 5.84. The van der Waals surface area contributed by atoms with Gasteiger partial charge in [0.2, 0.25) is 5.91 Å². The van der Waals surface area contributed by atoms with Gasteiger partial charge in [-0.1, -0.05) is 6.07 Å². The molecule has 0 radical (unpaired) electrons. The van der Waals surface area contributed by atoms with Gasteiger partial charge in [-0.2, -0.15) is 0 Å². The summed E-state index contributed by atoms with van der Waals surface area (Å²) in [6.45, 7) is 2.78. The highest BCUT2D eigenvalue weighted by molar-refractivity contribution is 5.93. The van der Waals surface area contributed by atoms with E-state index in [-0.39, 0.29) is 23.7 Å². The first-order valence-electron chi connectivity index (χ1n) is 7.42. The molecule has 1 fully saturated rings. The minimum atomic E-state index is -0.329. The minimum absolute atomic E-state index is 0.0279. The van der Waals surface area contributed by atoms with Gasteiger partial charge in [-0.25, -0.2) is 9.18 Å². The van der Waals surface area contributed by atoms with Gasteiger partial charge in [0.1, 0.15) is 5.82 Å². The maximum atomic E-state index is 13.5. The van der Waals surface area contributed by atoms with Crippen LogP contribution in [-0.2, 0) is 4.79 Å². The molecular weight excluding hydrogens is 285 g/mol. The zero-order chi connectivity index (χ0) is 16.3. The van der Waals surface area contributed by atoms with Gasteiger partial charge in [0, 0.05) is 44.4 Å². The summed E-state index contributed by atoms with van der Waals surface area (Å²) in [6.07, 6.45) is 1.25. The number of rotatable bonds is 2. The third kappa shape index (κ3) is 3.55. The highest BCUT2D eigenvalue weighted by Crippen LogP contribution is 2.22. The molecule has 0 saturated carbocycles. The lowest BCUT2D eigenvalue weighted by Gasteiger charge is -2.33. The summed E-state index contributed by atoms with van der Waals surface area (Å²) < 4.78 is 13.5. The Morgan fingerprint density at radius 3 is 2.50 bits per heavy atom. The van der Waals surface area contributed by atoms with Crippen LogP contribution in [0, 0.1) is 18.7 Å². The van der Waals surface area contributed by atoms with Crippen molar-refractivity contribution in [1.82, 2.24) is 9.80 Å². The van der Waals surface area contributed by atoms with Crippen LogP contribution in [0.4, 0.5) is 14.9 Å². The van der Waals surface area contributed by atoms with Gasteiger partial charge in [0.05, 0.1) is 0 Å². The number of benzene rings is 1. The standard InChI is InChI=1S/C16H22FN3O2/c1-11-13(17)5-4-6-14(11)18-15(21)12-7-9-20(10-8-12)16(22)19(2)3/h4-6,12H,7-10H2,1-3H3,(H,18,21). The molecule has 1 aliphatic rings. The molecule has 1 aromatic rings. The molecule has 6 heteroatoms. The number of anilines is 1. The number of piperidine rings is 1. The van der Waals surface area contributed by atoms with E-state index in [4.69, 9.17) is 0 Å². The summed E-state index contributed by atoms with van der Waals surface area (Å²) in [5.74, 6) is -0.580. The molecule has 0 atom stereocenters. The predicted molar refractivity (Wildman–Crippen MR) is 83.1 cm³/mol. The molecule has 1 N–H and O–H groups in total. The summed E-state index contributed by atoms with van der Waals surface area (Å²) in [5, 5.41) is 2.79. The lowest BCUT2D eigenvalue weighted by molar-refractivity contribution is -0.121. The highest BCUT2D eigenvalue weighted by atomic mass is 19.1. The van der Waals surface area contributed by atoms with Crippen LogP contribution < -0.4 is 5.32 Å². The SMILES string of the molecule is Cc1c(F)cccc1NC(=O)C1CCN(C(=O)N(C)C)CC1. The van der Waals surface area contributed by atoms with E-state index in [1.165, 1.54) is 11.0 Å². The van der Waals surface area contributed by atoms with Gasteiger partial charge >= 0.3 is 6.03 Å². The van der Waals surface area contributed by atoms with E-state index in [1.807, 2.05) is 0 Å². The maximum Gasteiger partial charge on any atom is 0.319 e. The minimum Gasteiger partial charge on any atom is -0.331 e. The zero-order valence-corrected chi connectivity index (χ0v) is 13.2. The van der Waals surface area contributed by atoms with Crippen LogP contribution in [0.3, 0.4) is 0 Å². The van der Waals surface area contributed by atoms with E-state index in [0.717, 1.165) is 0 Å². The van der Waals surface area contributed by atoms with Gasteiger partial charge < -0.3 is 15.1 Å². The molecule has 0 bridgehead atoms. The molecule has 0 aromatic heterocycles. The number of nitrogens with one attached hydrogen (secondary N) is 1. The van der Waals surface area contributed by atoms with Crippen molar-refractivity contribution in [2.45, 2.75) is 19.8 Å². The average molecular weight is 307 g/mol. The molecule has 2 rings (SSSR count). The number of amides is 3. The first-order chi connectivity index (χ1) is 10.4. The van der Waals surface area contributed by atoms with E-state index in [0.29, 0.717) is 37.2 Å². The lowest BCUT2D eigenvalue weighted by atomic mass is 9.96. The summed E-state index contributed by atoms with van der Waals surface area (Å²) >= 11 is 0. The summed E-state index contributed by atoms with van der Waals surface area (Å²) in [6, 6.07) is 4.62. The molecule has 5 nitrogen and oxygen atoms in total. The number of likely N-dealkylation sites (tertiary alicyclic amines) is 1. The van der Waals surface area contributed by atoms with Crippen LogP contribution in [0.15, 0.2) is 18.2 Å². The molecule has 0 spiro atoms. The Bertz CT molecular complexity index is 567. The van der Waals surface area contributed by atoms with Crippen LogP contribution >= 0.6 is 0 Å². The van der Waals surface area contributed by atoms with Crippen molar-refractivity contribution in [3.8, 4) is 0 Å². The van der Waals surface area contributed by atoms with Crippen LogP contribution in [0.1, 0.15) is 18.4 Å². The largest absolute Gasteiger partial charge is 0.331 e. The third-order valence-corrected chi connectivity index (χ3v) is 4.04. The van der Waals surface area contributed by atoms with Crippen molar-refractivity contribution in [3.05, 3.63) is 29.6 Å². The fraction of sp³-hybridized carbons (Fsp3) is 0.500. The molecular formula is C16H22FN3O2. The molecule has 1 aromatic carbocycles. The van der Waals surface area contributed by atoms with E-state index in [9.17, 15) is 14.0 Å². The van der Waals surface area contributed by atoms with Crippen LogP contribution in [0.25, 0.3) is 0 Å². The Kier molecular flexibility index (Phi) is 5.00. The Balaban J connectivity index is 1.93. The molecule has 0 aliphatic carbocycles. The van der Waals surface area contributed by atoms with Crippen molar-refractivity contribution in [2.75, 3.05) is 32.5 Å². The number of hydrogen-bond donors (Lipinski definition) is 1. The van der Waals surface area contributed by atoms with E-state index in [2.05, 4.69) is 5.32 Å². The molecule has 120 valence electrons. The lowest BCUT2D eigenvalue weighted by Crippen LogP contribution is -2.45. The van der Waals surface area contributed by atoms with Gasteiger partial charge in [-0.15, -0.1) is 0 Å². The molecule has 1 aliphatic heterocycles. The normalized spacial score (nSPS) is 15.5. The van der Waals surface area contributed by atoms with Crippen molar-refractivity contribution < 1.29 is 14.0 Å². The highest BCUT2D eigenvalue weighted by Gasteiger charge is 2.28. The van der Waals surface area contributed by atoms with E-state index < -0.39 is 0 Å². The fourth-order valence-corrected chi connectivity index (χ4v) is 2.59. The van der Waals surface area contributed by atoms with E-state index in [1.54, 1.807) is 38.1 Å². The van der Waals surface area contributed by atoms with Gasteiger partial charge in [0.25, 0.3) is 0 Å². The van der Waals surface area contributed by atoms with Crippen LogP contribution in [0.2, 0.25) is 0 Å². The molecule has 1 saturated heterocycles. The molecule has 3 amide bonds. The second kappa shape index (κ2) is 6.77. The first kappa shape index (κ1) is 16.3. The molecule has 22 heavy (non-hydrogen) atoms. The monoisotopic (exact) mass is 307 g/mol. The number of carbonyl (C=O) groups is 2. The van der Waals surface area contributed by atoms with Gasteiger partial charge in [-0.05, 0) is 31.9 Å². The summed E-state index contributed by atoms with van der Waals surface area (Å²) in [5.41, 5.74) is 0.952. The van der Waals surface area contributed by atoms with Crippen LogP contribution in [-0.4, -0.2) is 48.9 Å². The van der Waals surface area contributed by atoms with Gasteiger partial charge in [0.15, 0.2) is 0 Å². The second-order valence-electron chi connectivity index (χ2n) is 5.84. The number of hydrogen-bond acceptors (Lipinski definition) is 2.